The zero-order valence-corrected chi connectivity index (χ0v) is 27.5. The number of alkyl halides is 6. The van der Waals surface area contributed by atoms with E-state index in [4.69, 9.17) is 5.73 Å². The molecule has 272 valence electrons. The Morgan fingerprint density at radius 2 is 1.40 bits per heavy atom. The number of nitrogens with zero attached hydrogens (tertiary/aromatic N) is 4. The van der Waals surface area contributed by atoms with Crippen LogP contribution in [0.2, 0.25) is 0 Å². The number of nitrogens with two attached hydrogens (primary N) is 1. The molecule has 3 saturated heterocycles. The molecule has 5 amide bonds. The van der Waals surface area contributed by atoms with Crippen molar-refractivity contribution in [3.8, 4) is 0 Å². The first-order valence-electron chi connectivity index (χ1n) is 17.0. The third-order valence-corrected chi connectivity index (χ3v) is 10.4. The van der Waals surface area contributed by atoms with Gasteiger partial charge in [-0.05, 0) is 80.9 Å². The first-order chi connectivity index (χ1) is 23.7. The number of likely N-dealkylation sites (tertiary alicyclic amines) is 3. The molecule has 4 aliphatic heterocycles. The van der Waals surface area contributed by atoms with Gasteiger partial charge in [0.2, 0.25) is 5.91 Å². The molecule has 16 heteroatoms. The number of hydrogen-bond donors (Lipinski definition) is 3. The highest BCUT2D eigenvalue weighted by Gasteiger charge is 2.42. The van der Waals surface area contributed by atoms with Gasteiger partial charge in [0.1, 0.15) is 6.04 Å². The Morgan fingerprint density at radius 3 is 2.00 bits per heavy atom. The van der Waals surface area contributed by atoms with E-state index < -0.39 is 59.1 Å². The first-order valence-corrected chi connectivity index (χ1v) is 17.0. The molecule has 50 heavy (non-hydrogen) atoms. The maximum Gasteiger partial charge on any atom is 0.418 e. The van der Waals surface area contributed by atoms with Crippen LogP contribution in [-0.4, -0.2) is 95.0 Å². The number of fused-ring (bicyclic) bond motifs is 1. The predicted molar refractivity (Wildman–Crippen MR) is 173 cm³/mol. The molecular formula is C34H41F6N7O3. The van der Waals surface area contributed by atoms with Crippen molar-refractivity contribution in [3.63, 3.8) is 0 Å². The van der Waals surface area contributed by atoms with Crippen molar-refractivity contribution in [1.29, 1.82) is 0 Å². The molecule has 0 aromatic heterocycles. The Bertz CT molecular complexity index is 1540. The highest BCUT2D eigenvalue weighted by molar-refractivity contribution is 5.92. The van der Waals surface area contributed by atoms with Gasteiger partial charge in [0, 0.05) is 56.9 Å². The summed E-state index contributed by atoms with van der Waals surface area (Å²) in [6, 6.07) is 6.27. The number of anilines is 2. The number of piperidine rings is 2. The Labute approximate surface area is 285 Å². The van der Waals surface area contributed by atoms with Gasteiger partial charge in [-0.2, -0.15) is 26.3 Å². The van der Waals surface area contributed by atoms with Gasteiger partial charge in [0.05, 0.1) is 16.8 Å². The number of nitrogens with one attached hydrogen (secondary N) is 2. The third kappa shape index (κ3) is 7.74. The lowest BCUT2D eigenvalue weighted by molar-refractivity contribution is -0.141. The van der Waals surface area contributed by atoms with Crippen LogP contribution >= 0.6 is 0 Å². The molecule has 4 N–H and O–H groups in total. The van der Waals surface area contributed by atoms with Gasteiger partial charge in [0.15, 0.2) is 0 Å². The van der Waals surface area contributed by atoms with Crippen LogP contribution in [0.4, 0.5) is 47.3 Å². The van der Waals surface area contributed by atoms with E-state index in [1.54, 1.807) is 4.90 Å². The van der Waals surface area contributed by atoms with Crippen LogP contribution in [0, 0.1) is 0 Å². The fraction of sp³-hybridized carbons (Fsp3) is 0.559. The summed E-state index contributed by atoms with van der Waals surface area (Å²) in [5.41, 5.74) is 1.87. The molecular weight excluding hydrogens is 668 g/mol. The summed E-state index contributed by atoms with van der Waals surface area (Å²) in [4.78, 5) is 47.4. The monoisotopic (exact) mass is 709 g/mol. The van der Waals surface area contributed by atoms with E-state index in [-0.39, 0.29) is 31.2 Å². The molecule has 10 nitrogen and oxygen atoms in total. The Kier molecular flexibility index (Phi) is 10.1. The Hall–Kier alpha value is -4.21. The second-order valence-corrected chi connectivity index (χ2v) is 13.5. The van der Waals surface area contributed by atoms with Crippen LogP contribution < -0.4 is 16.4 Å². The molecule has 0 unspecified atom stereocenters. The zero-order chi connectivity index (χ0) is 35.8. The fourth-order valence-electron chi connectivity index (χ4n) is 7.65. The molecule has 2 aromatic rings. The number of benzene rings is 2. The van der Waals surface area contributed by atoms with Gasteiger partial charge in [-0.1, -0.05) is 18.2 Å². The van der Waals surface area contributed by atoms with Crippen molar-refractivity contribution in [2.75, 3.05) is 50.3 Å². The molecule has 3 fully saturated rings. The lowest BCUT2D eigenvalue weighted by Gasteiger charge is -2.41. The van der Waals surface area contributed by atoms with Crippen LogP contribution in [0.1, 0.15) is 60.8 Å². The zero-order valence-electron chi connectivity index (χ0n) is 27.5. The first kappa shape index (κ1) is 35.6. The molecule has 4 aliphatic rings. The van der Waals surface area contributed by atoms with Gasteiger partial charge < -0.3 is 36.0 Å². The molecule has 1 atom stereocenters. The van der Waals surface area contributed by atoms with Crippen LogP contribution in [0.3, 0.4) is 0 Å². The summed E-state index contributed by atoms with van der Waals surface area (Å²) in [6.45, 7) is 3.51. The number of nitrogen functional groups attached to an aromatic ring is 1. The Morgan fingerprint density at radius 1 is 0.840 bits per heavy atom. The normalized spacial score (nSPS) is 20.4. The van der Waals surface area contributed by atoms with E-state index in [2.05, 4.69) is 15.5 Å². The topological polar surface area (TPSA) is 114 Å². The van der Waals surface area contributed by atoms with Gasteiger partial charge in [0.25, 0.3) is 0 Å². The van der Waals surface area contributed by atoms with Crippen molar-refractivity contribution < 1.29 is 40.7 Å². The van der Waals surface area contributed by atoms with Crippen LogP contribution in [0.5, 0.6) is 0 Å². The van der Waals surface area contributed by atoms with Gasteiger partial charge >= 0.3 is 24.4 Å². The van der Waals surface area contributed by atoms with E-state index in [0.29, 0.717) is 57.5 Å². The number of carbonyl (C=O) groups is 3. The van der Waals surface area contributed by atoms with E-state index in [9.17, 15) is 40.7 Å². The summed E-state index contributed by atoms with van der Waals surface area (Å²) >= 11 is 0. The van der Waals surface area contributed by atoms with E-state index in [1.807, 2.05) is 24.3 Å². The van der Waals surface area contributed by atoms with Crippen molar-refractivity contribution in [3.05, 3.63) is 58.7 Å². The lowest BCUT2D eigenvalue weighted by Crippen LogP contribution is -2.57. The van der Waals surface area contributed by atoms with Crippen molar-refractivity contribution in [2.45, 2.75) is 82.0 Å². The average molecular weight is 710 g/mol. The van der Waals surface area contributed by atoms with Crippen LogP contribution in [0.25, 0.3) is 0 Å². The number of amides is 5. The number of carbonyl (C=O) groups excluding carboxylic acids is 3. The maximum absolute atomic E-state index is 13.9. The third-order valence-electron chi connectivity index (χ3n) is 10.4. The van der Waals surface area contributed by atoms with Crippen molar-refractivity contribution in [1.82, 2.24) is 24.9 Å². The highest BCUT2D eigenvalue weighted by Crippen LogP contribution is 2.42. The molecule has 0 saturated carbocycles. The molecule has 0 bridgehead atoms. The van der Waals surface area contributed by atoms with Crippen LogP contribution in [0.15, 0.2) is 36.4 Å². The van der Waals surface area contributed by atoms with Gasteiger partial charge in [-0.25, -0.2) is 9.59 Å². The van der Waals surface area contributed by atoms with Gasteiger partial charge in [-0.15, -0.1) is 0 Å². The van der Waals surface area contributed by atoms with Crippen molar-refractivity contribution >= 4 is 29.3 Å². The number of para-hydroxylation sites is 1. The number of hydrogen-bond acceptors (Lipinski definition) is 5. The van der Waals surface area contributed by atoms with Crippen molar-refractivity contribution in [2.24, 2.45) is 0 Å². The standard InChI is InChI=1S/C34H41F6N7O3/c35-33(36,37)25-17-21(18-26(29(25)41)34(38,39)40)19-28(30(48)45-13-7-23(8-14-45)44-11-3-4-12-44)43-31(49)46-15-9-24(10-16-46)47-20-22-5-1-2-6-27(22)42-32(47)50/h1-2,5-6,17-18,23-24,28H,3-4,7-16,19-20,41H2,(H,42,50)(H,43,49)/t28-/m1/s1. The smallest absolute Gasteiger partial charge is 0.398 e. The quantitative estimate of drug-likeness (QED) is 0.270. The summed E-state index contributed by atoms with van der Waals surface area (Å²) in [5.74, 6) is -0.573. The summed E-state index contributed by atoms with van der Waals surface area (Å²) < 4.78 is 83.0. The van der Waals surface area contributed by atoms with E-state index in [0.717, 1.165) is 37.2 Å². The summed E-state index contributed by atoms with van der Waals surface area (Å²) in [6.07, 6.45) is -6.54. The van der Waals surface area contributed by atoms with E-state index >= 15 is 0 Å². The summed E-state index contributed by atoms with van der Waals surface area (Å²) in [5, 5.41) is 5.53. The molecule has 0 radical (unpaired) electrons. The largest absolute Gasteiger partial charge is 0.418 e. The Balaban J connectivity index is 1.18. The fourth-order valence-corrected chi connectivity index (χ4v) is 7.65. The number of rotatable bonds is 6. The SMILES string of the molecule is Nc1c(C(F)(F)F)cc(C[C@@H](NC(=O)N2CCC(N3Cc4ccccc4NC3=O)CC2)C(=O)N2CCC(N3CCCC3)CC2)cc1C(F)(F)F. The maximum atomic E-state index is 13.9. The minimum Gasteiger partial charge on any atom is -0.398 e. The second kappa shape index (κ2) is 14.2. The minimum atomic E-state index is -5.18. The molecule has 0 aliphatic carbocycles. The number of halogens is 6. The average Bonchev–Trinajstić information content (AvgIpc) is 3.62. The second-order valence-electron chi connectivity index (χ2n) is 13.5. The lowest BCUT2D eigenvalue weighted by atomic mass is 9.96. The molecule has 0 spiro atoms. The van der Waals surface area contributed by atoms with Crippen LogP contribution in [-0.2, 0) is 30.1 Å². The van der Waals surface area contributed by atoms with E-state index in [1.165, 1.54) is 9.80 Å². The molecule has 4 heterocycles. The van der Waals surface area contributed by atoms with Gasteiger partial charge in [-0.3, -0.25) is 4.79 Å². The molecule has 6 rings (SSSR count). The molecule has 2 aromatic carbocycles. The predicted octanol–water partition coefficient (Wildman–Crippen LogP) is 5.53. The number of urea groups is 2. The summed E-state index contributed by atoms with van der Waals surface area (Å²) in [7, 11) is 0. The minimum absolute atomic E-state index is 0.168. The highest BCUT2D eigenvalue weighted by atomic mass is 19.4.